The molecular weight excluding hydrogens is 381 g/mol. The van der Waals surface area contributed by atoms with Crippen molar-refractivity contribution in [3.8, 4) is 0 Å². The van der Waals surface area contributed by atoms with Gasteiger partial charge in [0.1, 0.15) is 11.5 Å². The minimum atomic E-state index is -0.497. The van der Waals surface area contributed by atoms with Crippen LogP contribution < -0.4 is 10.2 Å². The Kier molecular flexibility index (Phi) is 4.88. The molecule has 156 valence electrons. The van der Waals surface area contributed by atoms with Crippen molar-refractivity contribution in [3.63, 3.8) is 0 Å². The summed E-state index contributed by atoms with van der Waals surface area (Å²) in [6, 6.07) is 12.1. The van der Waals surface area contributed by atoms with E-state index in [1.807, 2.05) is 37.4 Å². The Morgan fingerprint density at radius 3 is 2.60 bits per heavy atom. The summed E-state index contributed by atoms with van der Waals surface area (Å²) >= 11 is 0. The summed E-state index contributed by atoms with van der Waals surface area (Å²) in [6.07, 6.45) is 2.38. The first-order chi connectivity index (χ1) is 14.2. The van der Waals surface area contributed by atoms with Crippen LogP contribution in [0.15, 0.2) is 48.2 Å². The zero-order chi connectivity index (χ0) is 21.6. The molecule has 0 bridgehead atoms. The fraction of sp³-hybridized carbons (Fsp3) is 0.333. The number of rotatable bonds is 3. The minimum absolute atomic E-state index is 0.0633. The molecule has 4 rings (SSSR count). The molecule has 0 aliphatic carbocycles. The highest BCUT2D eigenvalue weighted by atomic mass is 19.1. The van der Waals surface area contributed by atoms with E-state index in [9.17, 15) is 14.0 Å². The van der Waals surface area contributed by atoms with E-state index in [4.69, 9.17) is 0 Å². The number of imide groups is 1. The van der Waals surface area contributed by atoms with Gasteiger partial charge in [0.2, 0.25) is 0 Å². The normalized spacial score (nSPS) is 21.8. The van der Waals surface area contributed by atoms with Gasteiger partial charge in [-0.25, -0.2) is 9.18 Å². The average Bonchev–Trinajstić information content (AvgIpc) is 2.95. The fourth-order valence-electron chi connectivity index (χ4n) is 4.35. The van der Waals surface area contributed by atoms with Gasteiger partial charge in [0.05, 0.1) is 6.54 Å². The first kappa shape index (κ1) is 20.1. The lowest BCUT2D eigenvalue weighted by atomic mass is 9.80. The molecule has 0 aromatic heterocycles. The summed E-state index contributed by atoms with van der Waals surface area (Å²) in [6.45, 7) is 6.60. The smallest absolute Gasteiger partial charge is 0.329 e. The van der Waals surface area contributed by atoms with Crippen LogP contribution in [0.3, 0.4) is 0 Å². The third-order valence-corrected chi connectivity index (χ3v) is 6.20. The molecule has 0 radical (unpaired) electrons. The van der Waals surface area contributed by atoms with E-state index >= 15 is 0 Å². The number of urea groups is 1. The van der Waals surface area contributed by atoms with Gasteiger partial charge in [-0.2, -0.15) is 0 Å². The van der Waals surface area contributed by atoms with E-state index in [2.05, 4.69) is 31.0 Å². The molecular formula is C24H26FN3O2. The zero-order valence-electron chi connectivity index (χ0n) is 17.7. The zero-order valence-corrected chi connectivity index (χ0v) is 17.7. The van der Waals surface area contributed by atoms with Crippen molar-refractivity contribution in [2.24, 2.45) is 0 Å². The van der Waals surface area contributed by atoms with Crippen LogP contribution in [0.5, 0.6) is 0 Å². The predicted octanol–water partition coefficient (Wildman–Crippen LogP) is 4.64. The first-order valence-electron chi connectivity index (χ1n) is 10.1. The van der Waals surface area contributed by atoms with E-state index in [1.54, 1.807) is 6.07 Å². The Morgan fingerprint density at radius 2 is 1.90 bits per heavy atom. The van der Waals surface area contributed by atoms with Crippen molar-refractivity contribution in [1.82, 2.24) is 10.2 Å². The largest absolute Gasteiger partial charge is 0.369 e. The summed E-state index contributed by atoms with van der Waals surface area (Å²) in [5.41, 5.74) is 3.09. The van der Waals surface area contributed by atoms with Crippen LogP contribution in [0, 0.1) is 5.82 Å². The number of hydrogen-bond donors (Lipinski definition) is 1. The van der Waals surface area contributed by atoms with E-state index in [0.717, 1.165) is 28.1 Å². The lowest BCUT2D eigenvalue weighted by Gasteiger charge is -2.45. The van der Waals surface area contributed by atoms with Crippen molar-refractivity contribution in [2.75, 3.05) is 11.9 Å². The van der Waals surface area contributed by atoms with Gasteiger partial charge in [-0.3, -0.25) is 9.69 Å². The predicted molar refractivity (Wildman–Crippen MR) is 115 cm³/mol. The van der Waals surface area contributed by atoms with Crippen molar-refractivity contribution in [2.45, 2.75) is 45.2 Å². The van der Waals surface area contributed by atoms with Gasteiger partial charge in [-0.05, 0) is 55.5 Å². The molecule has 2 heterocycles. The molecule has 2 aliphatic heterocycles. The number of amides is 3. The van der Waals surface area contributed by atoms with Gasteiger partial charge in [-0.15, -0.1) is 0 Å². The third-order valence-electron chi connectivity index (χ3n) is 6.20. The maximum atomic E-state index is 14.9. The number of hydrogen-bond acceptors (Lipinski definition) is 3. The maximum absolute atomic E-state index is 14.9. The molecule has 1 fully saturated rings. The van der Waals surface area contributed by atoms with Crippen LogP contribution in [0.1, 0.15) is 49.8 Å². The molecule has 0 spiro atoms. The Balaban J connectivity index is 1.65. The molecule has 0 saturated carbocycles. The second kappa shape index (κ2) is 7.27. The number of nitrogens with zero attached hydrogens (tertiary/aromatic N) is 2. The molecule has 2 aliphatic rings. The molecule has 30 heavy (non-hydrogen) atoms. The number of nitrogens with one attached hydrogen (secondary N) is 1. The quantitative estimate of drug-likeness (QED) is 0.596. The Morgan fingerprint density at radius 1 is 1.20 bits per heavy atom. The van der Waals surface area contributed by atoms with Gasteiger partial charge >= 0.3 is 6.03 Å². The van der Waals surface area contributed by atoms with Crippen molar-refractivity contribution in [1.29, 1.82) is 0 Å². The summed E-state index contributed by atoms with van der Waals surface area (Å²) in [5, 5.41) is 2.58. The van der Waals surface area contributed by atoms with Crippen molar-refractivity contribution >= 4 is 23.7 Å². The van der Waals surface area contributed by atoms with Crippen LogP contribution in [0.4, 0.5) is 14.9 Å². The summed E-state index contributed by atoms with van der Waals surface area (Å²) in [7, 11) is 1.98. The van der Waals surface area contributed by atoms with Crippen LogP contribution in [-0.4, -0.2) is 29.4 Å². The highest BCUT2D eigenvalue weighted by Gasteiger charge is 2.36. The molecule has 2 aromatic rings. The van der Waals surface area contributed by atoms with Crippen LogP contribution in [0.25, 0.3) is 6.08 Å². The highest BCUT2D eigenvalue weighted by Crippen LogP contribution is 2.43. The standard InChI is InChI=1S/C24H26FN3O2/c1-15-13-24(2,3)27(4)21-12-19(25)17(10-18(15)21)11-20-22(29)28(23(30)26-20)14-16-8-6-5-7-9-16/h5-12,15H,13-14H2,1-4H3,(H,26,30)/b20-11+. The molecule has 6 heteroatoms. The van der Waals surface area contributed by atoms with Crippen LogP contribution in [-0.2, 0) is 11.3 Å². The Hall–Kier alpha value is -3.15. The topological polar surface area (TPSA) is 52.7 Å². The van der Waals surface area contributed by atoms with Gasteiger partial charge < -0.3 is 10.2 Å². The van der Waals surface area contributed by atoms with E-state index in [1.165, 1.54) is 12.1 Å². The molecule has 1 N–H and O–H groups in total. The second-order valence-electron chi connectivity index (χ2n) is 8.77. The van der Waals surface area contributed by atoms with Gasteiger partial charge in [0.15, 0.2) is 0 Å². The second-order valence-corrected chi connectivity index (χ2v) is 8.77. The monoisotopic (exact) mass is 407 g/mol. The number of carbonyl (C=O) groups excluding carboxylic acids is 2. The summed E-state index contributed by atoms with van der Waals surface area (Å²) < 4.78 is 14.9. The molecule has 5 nitrogen and oxygen atoms in total. The molecule has 2 aromatic carbocycles. The lowest BCUT2D eigenvalue weighted by molar-refractivity contribution is -0.123. The van der Waals surface area contributed by atoms with Gasteiger partial charge in [0.25, 0.3) is 5.91 Å². The molecule has 1 saturated heterocycles. The molecule has 1 atom stereocenters. The molecule has 1 unspecified atom stereocenters. The summed E-state index contributed by atoms with van der Waals surface area (Å²) in [5.74, 6) is -0.610. The van der Waals surface area contributed by atoms with E-state index in [0.29, 0.717) is 5.56 Å². The average molecular weight is 407 g/mol. The number of anilines is 1. The minimum Gasteiger partial charge on any atom is -0.369 e. The van der Waals surface area contributed by atoms with Crippen molar-refractivity contribution < 1.29 is 14.0 Å². The fourth-order valence-corrected chi connectivity index (χ4v) is 4.35. The number of halogens is 1. The van der Waals surface area contributed by atoms with E-state index < -0.39 is 17.8 Å². The highest BCUT2D eigenvalue weighted by molar-refractivity contribution is 6.13. The van der Waals surface area contributed by atoms with E-state index in [-0.39, 0.29) is 23.7 Å². The first-order valence-corrected chi connectivity index (χ1v) is 10.1. The van der Waals surface area contributed by atoms with Crippen LogP contribution in [0.2, 0.25) is 0 Å². The number of carbonyl (C=O) groups is 2. The van der Waals surface area contributed by atoms with Crippen LogP contribution >= 0.6 is 0 Å². The lowest BCUT2D eigenvalue weighted by Crippen LogP contribution is -2.45. The van der Waals surface area contributed by atoms with Crippen molar-refractivity contribution in [3.05, 3.63) is 70.7 Å². The molecule has 3 amide bonds. The SMILES string of the molecule is CC1CC(C)(C)N(C)c2cc(F)c(/C=C3/NC(=O)N(Cc4ccccc4)C3=O)cc21. The number of fused-ring (bicyclic) bond motifs is 1. The third kappa shape index (κ3) is 3.47. The van der Waals surface area contributed by atoms with Gasteiger partial charge in [-0.1, -0.05) is 37.3 Å². The summed E-state index contributed by atoms with van der Waals surface area (Å²) in [4.78, 5) is 28.3. The maximum Gasteiger partial charge on any atom is 0.329 e. The number of benzene rings is 2. The Labute approximate surface area is 176 Å². The van der Waals surface area contributed by atoms with Gasteiger partial charge in [0, 0.05) is 23.8 Å². The Bertz CT molecular complexity index is 1050.